The van der Waals surface area contributed by atoms with Crippen LogP contribution in [0.3, 0.4) is 0 Å². The predicted molar refractivity (Wildman–Crippen MR) is 125 cm³/mol. The molecule has 3 aromatic rings. The topological polar surface area (TPSA) is 99.4 Å². The number of ether oxygens (including phenoxy) is 2. The van der Waals surface area contributed by atoms with Crippen LogP contribution in [0.5, 0.6) is 5.75 Å². The molecule has 5 atom stereocenters. The van der Waals surface area contributed by atoms with E-state index in [1.54, 1.807) is 18.2 Å². The van der Waals surface area contributed by atoms with Gasteiger partial charge in [-0.25, -0.2) is 0 Å². The molecule has 0 aliphatic carbocycles. The van der Waals surface area contributed by atoms with Crippen molar-refractivity contribution in [2.24, 2.45) is 0 Å². The van der Waals surface area contributed by atoms with E-state index in [0.29, 0.717) is 12.0 Å². The Balaban J connectivity index is 1.49. The highest BCUT2D eigenvalue weighted by Crippen LogP contribution is 2.34. The number of aliphatic hydroxyl groups excluding tert-OH is 4. The maximum Gasteiger partial charge on any atom is 0.573 e. The first-order valence-corrected chi connectivity index (χ1v) is 11.4. The molecule has 1 saturated heterocycles. The maximum atomic E-state index is 12.4. The number of hydrogen-bond donors (Lipinski definition) is 4. The molecule has 6 nitrogen and oxygen atoms in total. The zero-order valence-electron chi connectivity index (χ0n) is 19.4. The smallest absolute Gasteiger partial charge is 0.406 e. The van der Waals surface area contributed by atoms with Crippen molar-refractivity contribution in [2.75, 3.05) is 6.61 Å². The average Bonchev–Trinajstić information content (AvgIpc) is 2.84. The summed E-state index contributed by atoms with van der Waals surface area (Å²) in [6.07, 6.45) is -10.3. The number of rotatable bonds is 6. The van der Waals surface area contributed by atoms with E-state index in [1.165, 1.54) is 12.1 Å². The Bertz CT molecular complexity index is 1160. The van der Waals surface area contributed by atoms with Gasteiger partial charge in [0, 0.05) is 0 Å². The van der Waals surface area contributed by atoms with Gasteiger partial charge in [0.2, 0.25) is 0 Å². The van der Waals surface area contributed by atoms with E-state index in [-0.39, 0.29) is 5.75 Å². The molecule has 1 heterocycles. The van der Waals surface area contributed by atoms with Gasteiger partial charge in [-0.2, -0.15) is 0 Å². The molecule has 0 amide bonds. The molecule has 36 heavy (non-hydrogen) atoms. The Labute approximate surface area is 206 Å². The van der Waals surface area contributed by atoms with Crippen LogP contribution in [0, 0.1) is 6.92 Å². The van der Waals surface area contributed by atoms with E-state index < -0.39 is 43.5 Å². The van der Waals surface area contributed by atoms with Gasteiger partial charge in [-0.05, 0) is 58.9 Å². The van der Waals surface area contributed by atoms with E-state index >= 15 is 0 Å². The van der Waals surface area contributed by atoms with Crippen LogP contribution < -0.4 is 4.74 Å². The second-order valence-electron chi connectivity index (χ2n) is 8.88. The summed E-state index contributed by atoms with van der Waals surface area (Å²) in [5.74, 6) is -0.280. The van der Waals surface area contributed by atoms with Crippen LogP contribution in [0.15, 0.2) is 66.7 Å². The van der Waals surface area contributed by atoms with Gasteiger partial charge in [-0.3, -0.25) is 0 Å². The zero-order chi connectivity index (χ0) is 26.0. The molecule has 0 bridgehead atoms. The third kappa shape index (κ3) is 5.88. The summed E-state index contributed by atoms with van der Waals surface area (Å²) in [4.78, 5) is 0. The lowest BCUT2D eigenvalue weighted by atomic mass is 9.89. The average molecular weight is 505 g/mol. The van der Waals surface area contributed by atoms with E-state index in [1.807, 2.05) is 43.3 Å². The molecular formula is C27H27F3O6. The van der Waals surface area contributed by atoms with Crippen molar-refractivity contribution in [2.45, 2.75) is 50.2 Å². The molecule has 4 rings (SSSR count). The number of hydrogen-bond acceptors (Lipinski definition) is 6. The minimum atomic E-state index is -4.73. The summed E-state index contributed by atoms with van der Waals surface area (Å²) in [7, 11) is 0. The van der Waals surface area contributed by atoms with Crippen molar-refractivity contribution in [3.8, 4) is 16.9 Å². The quantitative estimate of drug-likeness (QED) is 0.409. The second-order valence-corrected chi connectivity index (χ2v) is 8.88. The molecule has 0 aromatic heterocycles. The minimum absolute atomic E-state index is 0.280. The van der Waals surface area contributed by atoms with Crippen LogP contribution in [0.25, 0.3) is 11.1 Å². The monoisotopic (exact) mass is 504 g/mol. The van der Waals surface area contributed by atoms with E-state index in [2.05, 4.69) is 4.74 Å². The standard InChI is InChI=1S/C27H27F3O6/c1-15-2-5-19(26-25(34)24(33)23(32)22(14-31)35-26)13-20(15)12-16-3-6-17(7-4-16)18-8-10-21(11-9-18)36-27(28,29)30/h2-11,13,22-26,31-34H,12,14H2,1H3/t22-,23-,24+,25-,26+/m1/s1. The molecule has 0 unspecified atom stereocenters. The van der Waals surface area contributed by atoms with Gasteiger partial charge in [-0.15, -0.1) is 13.2 Å². The molecule has 192 valence electrons. The molecule has 0 saturated carbocycles. The van der Waals surface area contributed by atoms with Crippen molar-refractivity contribution in [1.29, 1.82) is 0 Å². The molecule has 1 aliphatic rings. The molecule has 1 fully saturated rings. The van der Waals surface area contributed by atoms with Gasteiger partial charge in [0.05, 0.1) is 6.61 Å². The van der Waals surface area contributed by atoms with Crippen LogP contribution in [-0.4, -0.2) is 57.8 Å². The molecule has 9 heteroatoms. The Morgan fingerprint density at radius 2 is 1.44 bits per heavy atom. The van der Waals surface area contributed by atoms with Gasteiger partial charge in [0.1, 0.15) is 36.3 Å². The van der Waals surface area contributed by atoms with Crippen molar-refractivity contribution in [3.63, 3.8) is 0 Å². The first-order chi connectivity index (χ1) is 17.1. The lowest BCUT2D eigenvalue weighted by molar-refractivity contribution is -0.274. The van der Waals surface area contributed by atoms with Crippen LogP contribution >= 0.6 is 0 Å². The summed E-state index contributed by atoms with van der Waals surface area (Å²) in [6, 6.07) is 18.8. The van der Waals surface area contributed by atoms with Crippen LogP contribution in [0.4, 0.5) is 13.2 Å². The fraction of sp³-hybridized carbons (Fsp3) is 0.333. The lowest BCUT2D eigenvalue weighted by Gasteiger charge is -2.40. The number of aryl methyl sites for hydroxylation is 1. The normalized spacial score (nSPS) is 24.5. The largest absolute Gasteiger partial charge is 0.573 e. The fourth-order valence-electron chi connectivity index (χ4n) is 4.32. The first kappa shape index (κ1) is 26.1. The Hall–Kier alpha value is -2.95. The molecular weight excluding hydrogens is 477 g/mol. The van der Waals surface area contributed by atoms with Gasteiger partial charge in [-0.1, -0.05) is 54.6 Å². The number of alkyl halides is 3. The lowest BCUT2D eigenvalue weighted by Crippen LogP contribution is -2.55. The van der Waals surface area contributed by atoms with Crippen LogP contribution in [0.1, 0.15) is 28.4 Å². The number of halogens is 3. The summed E-state index contributed by atoms with van der Waals surface area (Å²) >= 11 is 0. The van der Waals surface area contributed by atoms with Gasteiger partial charge in [0.15, 0.2) is 0 Å². The van der Waals surface area contributed by atoms with Crippen molar-refractivity contribution in [1.82, 2.24) is 0 Å². The second kappa shape index (κ2) is 10.6. The van der Waals surface area contributed by atoms with E-state index in [4.69, 9.17) is 4.74 Å². The Kier molecular flexibility index (Phi) is 7.67. The molecule has 0 spiro atoms. The van der Waals surface area contributed by atoms with Crippen molar-refractivity contribution >= 4 is 0 Å². The summed E-state index contributed by atoms with van der Waals surface area (Å²) in [6.45, 7) is 1.45. The Morgan fingerprint density at radius 1 is 0.833 bits per heavy atom. The zero-order valence-corrected chi connectivity index (χ0v) is 19.4. The van der Waals surface area contributed by atoms with Gasteiger partial charge < -0.3 is 29.9 Å². The van der Waals surface area contributed by atoms with E-state index in [0.717, 1.165) is 27.8 Å². The van der Waals surface area contributed by atoms with Gasteiger partial charge >= 0.3 is 6.36 Å². The summed E-state index contributed by atoms with van der Waals surface area (Å²) in [5, 5.41) is 40.1. The molecule has 1 aliphatic heterocycles. The van der Waals surface area contributed by atoms with Crippen molar-refractivity contribution in [3.05, 3.63) is 89.0 Å². The number of aliphatic hydroxyl groups is 4. The van der Waals surface area contributed by atoms with Crippen LogP contribution in [-0.2, 0) is 11.2 Å². The molecule has 3 aromatic carbocycles. The first-order valence-electron chi connectivity index (χ1n) is 11.4. The summed E-state index contributed by atoms with van der Waals surface area (Å²) in [5.41, 5.74) is 5.16. The molecule has 0 radical (unpaired) electrons. The van der Waals surface area contributed by atoms with E-state index in [9.17, 15) is 33.6 Å². The predicted octanol–water partition coefficient (Wildman–Crippen LogP) is 3.67. The van der Waals surface area contributed by atoms with Crippen molar-refractivity contribution < 1.29 is 43.1 Å². The Morgan fingerprint density at radius 3 is 2.03 bits per heavy atom. The minimum Gasteiger partial charge on any atom is -0.406 e. The highest BCUT2D eigenvalue weighted by Gasteiger charge is 2.44. The fourth-order valence-corrected chi connectivity index (χ4v) is 4.32. The van der Waals surface area contributed by atoms with Crippen LogP contribution in [0.2, 0.25) is 0 Å². The SMILES string of the molecule is Cc1ccc([C@@H]2O[C@H](CO)[C@@H](O)[C@H](O)[C@H]2O)cc1Cc1ccc(-c2ccc(OC(F)(F)F)cc2)cc1. The third-order valence-corrected chi connectivity index (χ3v) is 6.36. The third-order valence-electron chi connectivity index (χ3n) is 6.36. The summed E-state index contributed by atoms with van der Waals surface area (Å²) < 4.78 is 46.7. The molecule has 4 N–H and O–H groups in total. The number of benzene rings is 3. The highest BCUT2D eigenvalue weighted by molar-refractivity contribution is 5.64. The van der Waals surface area contributed by atoms with Gasteiger partial charge in [0.25, 0.3) is 0 Å². The highest BCUT2D eigenvalue weighted by atomic mass is 19.4. The maximum absolute atomic E-state index is 12.4.